The smallest absolute Gasteiger partial charge is 0.0200 e. The summed E-state index contributed by atoms with van der Waals surface area (Å²) in [5.41, 5.74) is 1.29. The Kier molecular flexibility index (Phi) is 9.94. The van der Waals surface area contributed by atoms with E-state index in [-0.39, 0.29) is 0 Å². The summed E-state index contributed by atoms with van der Waals surface area (Å²) in [4.78, 5) is 5.08. The normalized spacial score (nSPS) is 17.2. The van der Waals surface area contributed by atoms with Crippen molar-refractivity contribution in [3.8, 4) is 0 Å². The zero-order valence-electron chi connectivity index (χ0n) is 16.6. The molecule has 0 unspecified atom stereocenters. The fourth-order valence-electron chi connectivity index (χ4n) is 3.58. The summed E-state index contributed by atoms with van der Waals surface area (Å²) in [5.74, 6) is 2.30. The Bertz CT molecular complexity index is 314. The van der Waals surface area contributed by atoms with E-state index in [0.29, 0.717) is 5.92 Å². The van der Waals surface area contributed by atoms with E-state index in [1.165, 1.54) is 76.8 Å². The molecule has 0 aromatic rings. The quantitative estimate of drug-likeness (QED) is 0.469. The summed E-state index contributed by atoms with van der Waals surface area (Å²) < 4.78 is 0. The first kappa shape index (κ1) is 20.5. The maximum atomic E-state index is 4.23. The van der Waals surface area contributed by atoms with Crippen LogP contribution >= 0.6 is 0 Å². The lowest BCUT2D eigenvalue weighted by Gasteiger charge is -2.35. The molecule has 0 aliphatic carbocycles. The number of nitrogens with zero attached hydrogens (tertiary/aromatic N) is 2. The monoisotopic (exact) mass is 322 g/mol. The third-order valence-corrected chi connectivity index (χ3v) is 5.40. The molecule has 0 aromatic heterocycles. The average Bonchev–Trinajstić information content (AvgIpc) is 2.51. The lowest BCUT2D eigenvalue weighted by Crippen LogP contribution is -2.38. The van der Waals surface area contributed by atoms with Gasteiger partial charge in [-0.3, -0.25) is 0 Å². The predicted octanol–water partition coefficient (Wildman–Crippen LogP) is 5.41. The predicted molar refractivity (Wildman–Crippen MR) is 104 cm³/mol. The number of hydrogen-bond acceptors (Lipinski definition) is 2. The first-order chi connectivity index (χ1) is 10.9. The number of unbranched alkanes of at least 4 members (excludes halogenated alkanes) is 3. The summed E-state index contributed by atoms with van der Waals surface area (Å²) in [7, 11) is 2.21. The minimum absolute atomic E-state index is 0.566. The standard InChI is InChI=1S/C21H42N2/c1-18(2)11-9-7-8-10-14-23-15-12-21(13-16-23)17-22(6)20(5)19(3)4/h18-19,21H,5,7-17H2,1-4,6H3. The molecule has 1 saturated heterocycles. The Balaban J connectivity index is 2.08. The topological polar surface area (TPSA) is 6.48 Å². The molecule has 0 saturated carbocycles. The molecule has 0 radical (unpaired) electrons. The first-order valence-electron chi connectivity index (χ1n) is 10.0. The third kappa shape index (κ3) is 8.79. The van der Waals surface area contributed by atoms with Crippen molar-refractivity contribution in [3.05, 3.63) is 12.3 Å². The van der Waals surface area contributed by atoms with Crippen molar-refractivity contribution < 1.29 is 0 Å². The van der Waals surface area contributed by atoms with Gasteiger partial charge in [-0.25, -0.2) is 0 Å². The van der Waals surface area contributed by atoms with Gasteiger partial charge in [0.05, 0.1) is 0 Å². The van der Waals surface area contributed by atoms with Crippen LogP contribution in [-0.2, 0) is 0 Å². The molecule has 136 valence electrons. The van der Waals surface area contributed by atoms with E-state index in [9.17, 15) is 0 Å². The number of likely N-dealkylation sites (tertiary alicyclic amines) is 1. The highest BCUT2D eigenvalue weighted by Crippen LogP contribution is 2.21. The summed E-state index contributed by atoms with van der Waals surface area (Å²) in [6.07, 6.45) is 9.80. The second kappa shape index (κ2) is 11.1. The highest BCUT2D eigenvalue weighted by atomic mass is 15.1. The van der Waals surface area contributed by atoms with Crippen LogP contribution in [0.2, 0.25) is 0 Å². The van der Waals surface area contributed by atoms with Crippen molar-refractivity contribution in [2.75, 3.05) is 33.2 Å². The number of allylic oxidation sites excluding steroid dienone is 1. The van der Waals surface area contributed by atoms with Crippen LogP contribution in [0.1, 0.15) is 72.6 Å². The van der Waals surface area contributed by atoms with Gasteiger partial charge in [-0.15, -0.1) is 0 Å². The van der Waals surface area contributed by atoms with E-state index in [4.69, 9.17) is 0 Å². The molecule has 0 N–H and O–H groups in total. The van der Waals surface area contributed by atoms with Crippen molar-refractivity contribution in [2.45, 2.75) is 72.6 Å². The maximum absolute atomic E-state index is 4.23. The van der Waals surface area contributed by atoms with E-state index < -0.39 is 0 Å². The first-order valence-corrected chi connectivity index (χ1v) is 10.0. The van der Waals surface area contributed by atoms with Crippen molar-refractivity contribution in [3.63, 3.8) is 0 Å². The second-order valence-electron chi connectivity index (χ2n) is 8.41. The minimum Gasteiger partial charge on any atom is -0.378 e. The second-order valence-corrected chi connectivity index (χ2v) is 8.41. The number of piperidine rings is 1. The maximum Gasteiger partial charge on any atom is 0.0200 e. The van der Waals surface area contributed by atoms with Crippen LogP contribution in [0.3, 0.4) is 0 Å². The van der Waals surface area contributed by atoms with Gasteiger partial charge < -0.3 is 9.80 Å². The Hall–Kier alpha value is -0.500. The van der Waals surface area contributed by atoms with Gasteiger partial charge in [-0.05, 0) is 56.7 Å². The van der Waals surface area contributed by atoms with Crippen molar-refractivity contribution >= 4 is 0 Å². The van der Waals surface area contributed by atoms with Gasteiger partial charge in [-0.2, -0.15) is 0 Å². The zero-order valence-corrected chi connectivity index (χ0v) is 16.6. The fraction of sp³-hybridized carbons (Fsp3) is 0.905. The zero-order chi connectivity index (χ0) is 17.2. The summed E-state index contributed by atoms with van der Waals surface area (Å²) in [6.45, 7) is 18.5. The minimum atomic E-state index is 0.566. The molecule has 1 aliphatic heterocycles. The van der Waals surface area contributed by atoms with Gasteiger partial charge in [0.15, 0.2) is 0 Å². The van der Waals surface area contributed by atoms with E-state index >= 15 is 0 Å². The third-order valence-electron chi connectivity index (χ3n) is 5.40. The molecule has 1 fully saturated rings. The molecule has 0 amide bonds. The van der Waals surface area contributed by atoms with Gasteiger partial charge in [0.2, 0.25) is 0 Å². The molecule has 1 rings (SSSR count). The molecule has 0 bridgehead atoms. The van der Waals surface area contributed by atoms with Crippen LogP contribution in [0.4, 0.5) is 0 Å². The average molecular weight is 323 g/mol. The van der Waals surface area contributed by atoms with Crippen LogP contribution in [0.25, 0.3) is 0 Å². The lowest BCUT2D eigenvalue weighted by molar-refractivity contribution is 0.159. The van der Waals surface area contributed by atoms with E-state index in [0.717, 1.165) is 11.8 Å². The molecule has 2 nitrogen and oxygen atoms in total. The molecular formula is C21H42N2. The number of hydrogen-bond donors (Lipinski definition) is 0. The largest absolute Gasteiger partial charge is 0.378 e. The van der Waals surface area contributed by atoms with Crippen molar-refractivity contribution in [1.82, 2.24) is 9.80 Å². The van der Waals surface area contributed by atoms with E-state index in [1.807, 2.05) is 0 Å². The Labute approximate surface area is 146 Å². The van der Waals surface area contributed by atoms with Gasteiger partial charge in [0, 0.05) is 19.3 Å². The van der Waals surface area contributed by atoms with Crippen molar-refractivity contribution in [2.24, 2.45) is 17.8 Å². The van der Waals surface area contributed by atoms with Gasteiger partial charge in [0.25, 0.3) is 0 Å². The van der Waals surface area contributed by atoms with Gasteiger partial charge >= 0.3 is 0 Å². The highest BCUT2D eigenvalue weighted by Gasteiger charge is 2.20. The number of rotatable bonds is 11. The van der Waals surface area contributed by atoms with Crippen LogP contribution in [0, 0.1) is 17.8 Å². The molecule has 23 heavy (non-hydrogen) atoms. The van der Waals surface area contributed by atoms with Crippen LogP contribution in [-0.4, -0.2) is 43.0 Å². The molecule has 0 atom stereocenters. The summed E-state index contributed by atoms with van der Waals surface area (Å²) in [5, 5.41) is 0. The van der Waals surface area contributed by atoms with E-state index in [1.54, 1.807) is 0 Å². The molecule has 1 heterocycles. The van der Waals surface area contributed by atoms with E-state index in [2.05, 4.69) is 51.1 Å². The highest BCUT2D eigenvalue weighted by molar-refractivity contribution is 4.96. The molecule has 0 aromatic carbocycles. The fourth-order valence-corrected chi connectivity index (χ4v) is 3.58. The summed E-state index contributed by atoms with van der Waals surface area (Å²) >= 11 is 0. The lowest BCUT2D eigenvalue weighted by atomic mass is 9.95. The Morgan fingerprint density at radius 1 is 1.04 bits per heavy atom. The van der Waals surface area contributed by atoms with Crippen LogP contribution in [0.15, 0.2) is 12.3 Å². The SMILES string of the molecule is C=C(C(C)C)N(C)CC1CCN(CCCCCCC(C)C)CC1. The van der Waals surface area contributed by atoms with Crippen LogP contribution in [0.5, 0.6) is 0 Å². The van der Waals surface area contributed by atoms with Crippen LogP contribution < -0.4 is 0 Å². The van der Waals surface area contributed by atoms with Gasteiger partial charge in [0.1, 0.15) is 0 Å². The molecule has 2 heteroatoms. The van der Waals surface area contributed by atoms with Crippen molar-refractivity contribution in [1.29, 1.82) is 0 Å². The Morgan fingerprint density at radius 3 is 2.22 bits per heavy atom. The molecular weight excluding hydrogens is 280 g/mol. The van der Waals surface area contributed by atoms with Gasteiger partial charge in [-0.1, -0.05) is 60.0 Å². The Morgan fingerprint density at radius 2 is 1.65 bits per heavy atom. The molecule has 1 aliphatic rings. The molecule has 0 spiro atoms. The summed E-state index contributed by atoms with van der Waals surface area (Å²) in [6, 6.07) is 0.